The summed E-state index contributed by atoms with van der Waals surface area (Å²) in [6.45, 7) is 5.25. The first-order chi connectivity index (χ1) is 14.5. The van der Waals surface area contributed by atoms with Crippen molar-refractivity contribution in [3.63, 3.8) is 0 Å². The number of aryl methyl sites for hydroxylation is 1. The van der Waals surface area contributed by atoms with Crippen LogP contribution in [0.25, 0.3) is 0 Å². The molecule has 1 amide bonds. The molecule has 158 valence electrons. The normalized spacial score (nSPS) is 10.9. The number of aromatic nitrogens is 1. The first-order valence-corrected chi connectivity index (χ1v) is 11.2. The lowest BCUT2D eigenvalue weighted by Gasteiger charge is -2.13. The first kappa shape index (κ1) is 22.0. The van der Waals surface area contributed by atoms with Crippen LogP contribution in [0.15, 0.2) is 53.9 Å². The van der Waals surface area contributed by atoms with Gasteiger partial charge in [-0.3, -0.25) is 10.1 Å². The summed E-state index contributed by atoms with van der Waals surface area (Å²) in [4.78, 5) is 16.7. The second-order valence-electron chi connectivity index (χ2n) is 7.71. The number of nitrogens with zero attached hydrogens (tertiary/aromatic N) is 1. The highest BCUT2D eigenvalue weighted by Gasteiger charge is 2.09. The molecule has 0 atom stereocenters. The van der Waals surface area contributed by atoms with E-state index in [-0.39, 0.29) is 12.5 Å². The summed E-state index contributed by atoms with van der Waals surface area (Å²) in [6, 6.07) is 16.1. The van der Waals surface area contributed by atoms with Crippen molar-refractivity contribution in [3.8, 4) is 0 Å². The van der Waals surface area contributed by atoms with Crippen LogP contribution in [0.1, 0.15) is 47.4 Å². The Morgan fingerprint density at radius 3 is 2.60 bits per heavy atom. The minimum Gasteiger partial charge on any atom is -0.396 e. The summed E-state index contributed by atoms with van der Waals surface area (Å²) >= 11 is 1.36. The summed E-state index contributed by atoms with van der Waals surface area (Å²) < 4.78 is 0. The summed E-state index contributed by atoms with van der Waals surface area (Å²) in [6.07, 6.45) is 2.73. The van der Waals surface area contributed by atoms with Gasteiger partial charge in [0.1, 0.15) is 0 Å². The van der Waals surface area contributed by atoms with Crippen molar-refractivity contribution in [2.75, 3.05) is 17.2 Å². The van der Waals surface area contributed by atoms with Crippen molar-refractivity contribution >= 4 is 28.1 Å². The lowest BCUT2D eigenvalue weighted by molar-refractivity contribution is 0.102. The Labute approximate surface area is 182 Å². The smallest absolute Gasteiger partial charge is 0.257 e. The van der Waals surface area contributed by atoms with Gasteiger partial charge in [0.05, 0.1) is 5.69 Å². The molecule has 5 nitrogen and oxygen atoms in total. The first-order valence-electron chi connectivity index (χ1n) is 10.3. The second-order valence-corrected chi connectivity index (χ2v) is 8.57. The molecule has 0 aliphatic rings. The van der Waals surface area contributed by atoms with E-state index in [1.165, 1.54) is 29.0 Å². The molecule has 0 spiro atoms. The lowest BCUT2D eigenvalue weighted by Crippen LogP contribution is -2.12. The Hall–Kier alpha value is -2.70. The van der Waals surface area contributed by atoms with Crippen LogP contribution in [0.5, 0.6) is 0 Å². The van der Waals surface area contributed by atoms with E-state index in [0.717, 1.165) is 17.7 Å². The number of carbonyl (C=O) groups is 1. The van der Waals surface area contributed by atoms with Crippen LogP contribution >= 0.6 is 11.3 Å². The predicted octanol–water partition coefficient (Wildman–Crippen LogP) is 5.13. The number of para-hydroxylation sites is 1. The third-order valence-electron chi connectivity index (χ3n) is 4.85. The highest BCUT2D eigenvalue weighted by Crippen LogP contribution is 2.20. The van der Waals surface area contributed by atoms with Gasteiger partial charge in [-0.05, 0) is 48.1 Å². The third-order valence-corrected chi connectivity index (χ3v) is 5.65. The summed E-state index contributed by atoms with van der Waals surface area (Å²) in [7, 11) is 0. The van der Waals surface area contributed by atoms with Crippen LogP contribution in [0, 0.1) is 5.92 Å². The van der Waals surface area contributed by atoms with Crippen molar-refractivity contribution in [1.82, 2.24) is 4.98 Å². The number of aliphatic hydroxyl groups excluding tert-OH is 1. The Morgan fingerprint density at radius 1 is 1.10 bits per heavy atom. The fraction of sp³-hybridized carbons (Fsp3) is 0.333. The van der Waals surface area contributed by atoms with Crippen molar-refractivity contribution in [2.24, 2.45) is 5.92 Å². The van der Waals surface area contributed by atoms with Gasteiger partial charge in [-0.2, -0.15) is 0 Å². The molecule has 0 aliphatic heterocycles. The fourth-order valence-electron chi connectivity index (χ4n) is 3.09. The predicted molar refractivity (Wildman–Crippen MR) is 124 cm³/mol. The molecule has 30 heavy (non-hydrogen) atoms. The molecule has 6 heteroatoms. The maximum Gasteiger partial charge on any atom is 0.257 e. The minimum atomic E-state index is -0.182. The summed E-state index contributed by atoms with van der Waals surface area (Å²) in [5.41, 5.74) is 5.00. The van der Waals surface area contributed by atoms with E-state index in [1.807, 2.05) is 29.6 Å². The van der Waals surface area contributed by atoms with E-state index < -0.39 is 0 Å². The standard InChI is InChI=1S/C24H29N3O2S/c1-17(2)7-10-19-5-3-4-6-22(19)25-15-18-8-11-20(12-9-18)23(29)27-24-26-21(13-14-28)16-30-24/h3-6,8-9,11-12,16-17,25,28H,7,10,13-15H2,1-2H3,(H,26,27,29). The zero-order valence-electron chi connectivity index (χ0n) is 17.5. The molecule has 0 radical (unpaired) electrons. The molecule has 0 aliphatic carbocycles. The molecular weight excluding hydrogens is 394 g/mol. The minimum absolute atomic E-state index is 0.0504. The number of anilines is 2. The highest BCUT2D eigenvalue weighted by atomic mass is 32.1. The van der Waals surface area contributed by atoms with E-state index in [1.54, 1.807) is 0 Å². The SMILES string of the molecule is CC(C)CCc1ccccc1NCc1ccc(C(=O)Nc2nc(CCO)cs2)cc1. The van der Waals surface area contributed by atoms with Crippen LogP contribution in [-0.4, -0.2) is 22.6 Å². The number of thiazole rings is 1. The van der Waals surface area contributed by atoms with Gasteiger partial charge in [0, 0.05) is 36.2 Å². The number of carbonyl (C=O) groups excluding carboxylic acids is 1. The van der Waals surface area contributed by atoms with E-state index >= 15 is 0 Å². The molecule has 0 bridgehead atoms. The maximum atomic E-state index is 12.4. The zero-order valence-corrected chi connectivity index (χ0v) is 18.3. The molecular formula is C24H29N3O2S. The number of hydrogen-bond acceptors (Lipinski definition) is 5. The van der Waals surface area contributed by atoms with E-state index in [9.17, 15) is 4.79 Å². The molecule has 2 aromatic carbocycles. The lowest BCUT2D eigenvalue weighted by atomic mass is 10.0. The molecule has 3 N–H and O–H groups in total. The highest BCUT2D eigenvalue weighted by molar-refractivity contribution is 7.14. The molecule has 0 saturated carbocycles. The summed E-state index contributed by atoms with van der Waals surface area (Å²) in [5, 5.41) is 17.7. The fourth-order valence-corrected chi connectivity index (χ4v) is 3.83. The average Bonchev–Trinajstić information content (AvgIpc) is 3.18. The van der Waals surface area contributed by atoms with Crippen LogP contribution < -0.4 is 10.6 Å². The number of rotatable bonds is 10. The van der Waals surface area contributed by atoms with E-state index in [4.69, 9.17) is 5.11 Å². The van der Waals surface area contributed by atoms with Crippen LogP contribution in [0.2, 0.25) is 0 Å². The molecule has 0 fully saturated rings. The Kier molecular flexibility index (Phi) is 7.99. The van der Waals surface area contributed by atoms with Crippen molar-refractivity contribution in [1.29, 1.82) is 0 Å². The number of aliphatic hydroxyl groups is 1. The van der Waals surface area contributed by atoms with Gasteiger partial charge in [0.2, 0.25) is 0 Å². The van der Waals surface area contributed by atoms with Gasteiger partial charge in [-0.15, -0.1) is 11.3 Å². The largest absolute Gasteiger partial charge is 0.396 e. The Bertz CT molecular complexity index is 951. The monoisotopic (exact) mass is 423 g/mol. The van der Waals surface area contributed by atoms with Gasteiger partial charge < -0.3 is 10.4 Å². The molecule has 0 unspecified atom stereocenters. The number of nitrogens with one attached hydrogen (secondary N) is 2. The molecule has 3 aromatic rings. The summed E-state index contributed by atoms with van der Waals surface area (Å²) in [5.74, 6) is 0.501. The quantitative estimate of drug-likeness (QED) is 0.423. The molecule has 1 heterocycles. The Morgan fingerprint density at radius 2 is 1.87 bits per heavy atom. The molecule has 1 aromatic heterocycles. The second kappa shape index (κ2) is 10.9. The zero-order chi connectivity index (χ0) is 21.3. The number of hydrogen-bond donors (Lipinski definition) is 3. The van der Waals surface area contributed by atoms with Crippen molar-refractivity contribution in [2.45, 2.75) is 39.7 Å². The number of benzene rings is 2. The van der Waals surface area contributed by atoms with Gasteiger partial charge in [0.15, 0.2) is 5.13 Å². The Balaban J connectivity index is 1.56. The van der Waals surface area contributed by atoms with Crippen molar-refractivity contribution < 1.29 is 9.90 Å². The maximum absolute atomic E-state index is 12.4. The van der Waals surface area contributed by atoms with Gasteiger partial charge in [-0.25, -0.2) is 4.98 Å². The third kappa shape index (κ3) is 6.40. The molecule has 0 saturated heterocycles. The molecule has 3 rings (SSSR count). The van der Waals surface area contributed by atoms with Crippen molar-refractivity contribution in [3.05, 3.63) is 76.3 Å². The van der Waals surface area contributed by atoms with Crippen LogP contribution in [0.3, 0.4) is 0 Å². The topological polar surface area (TPSA) is 74.2 Å². The van der Waals surface area contributed by atoms with E-state index in [0.29, 0.717) is 29.6 Å². The van der Waals surface area contributed by atoms with Crippen LogP contribution in [-0.2, 0) is 19.4 Å². The average molecular weight is 424 g/mol. The van der Waals surface area contributed by atoms with Gasteiger partial charge in [0.25, 0.3) is 5.91 Å². The number of amides is 1. The van der Waals surface area contributed by atoms with E-state index in [2.05, 4.69) is 53.7 Å². The van der Waals surface area contributed by atoms with Crippen LogP contribution in [0.4, 0.5) is 10.8 Å². The van der Waals surface area contributed by atoms with Gasteiger partial charge in [-0.1, -0.05) is 44.2 Å². The van der Waals surface area contributed by atoms with Gasteiger partial charge >= 0.3 is 0 Å².